The molecule has 0 spiro atoms. The minimum atomic E-state index is -0.798. The molecule has 1 atom stereocenters. The molecule has 0 bridgehead atoms. The average Bonchev–Trinajstić information content (AvgIpc) is 3.47. The molecule has 0 aliphatic carbocycles. The summed E-state index contributed by atoms with van der Waals surface area (Å²) in [5, 5.41) is 0. The van der Waals surface area contributed by atoms with Crippen LogP contribution in [-0.4, -0.2) is 37.2 Å². The molecule has 0 fully saturated rings. The van der Waals surface area contributed by atoms with Crippen molar-refractivity contribution in [1.29, 1.82) is 0 Å². The second-order valence-electron chi connectivity index (χ2n) is 22.0. The molecule has 81 heavy (non-hydrogen) atoms. The van der Waals surface area contributed by atoms with E-state index in [9.17, 15) is 14.4 Å². The van der Waals surface area contributed by atoms with Crippen molar-refractivity contribution >= 4 is 17.9 Å². The van der Waals surface area contributed by atoms with Gasteiger partial charge in [0.2, 0.25) is 0 Å². The minimum absolute atomic E-state index is 0.0913. The summed E-state index contributed by atoms with van der Waals surface area (Å²) in [7, 11) is 0. The first-order valence-electron chi connectivity index (χ1n) is 33.7. The van der Waals surface area contributed by atoms with Gasteiger partial charge in [0.25, 0.3) is 0 Å². The van der Waals surface area contributed by atoms with Gasteiger partial charge in [-0.05, 0) is 135 Å². The maximum Gasteiger partial charge on any atom is 0.306 e. The SMILES string of the molecule is CC/C=C\C/C=C\C/C=C\C/C=C\C/C=C\CCCCCCCCCC(=O)OCC(COC(=O)CCCCCCCCC/C=C\CCCCCCCC)OC(=O)CCCCCCCCC/C=C\C/C=C\C/C=C\C/C=C\C/C=C\CC. The molecule has 6 heteroatoms. The molecule has 0 radical (unpaired) electrons. The van der Waals surface area contributed by atoms with Crippen LogP contribution in [0.3, 0.4) is 0 Å². The quantitative estimate of drug-likeness (QED) is 0.0261. The molecule has 6 nitrogen and oxygen atoms in total. The van der Waals surface area contributed by atoms with Gasteiger partial charge in [0, 0.05) is 19.3 Å². The summed E-state index contributed by atoms with van der Waals surface area (Å²) >= 11 is 0. The van der Waals surface area contributed by atoms with Crippen LogP contribution in [0.25, 0.3) is 0 Å². The molecule has 0 saturated heterocycles. The van der Waals surface area contributed by atoms with Crippen LogP contribution in [0.2, 0.25) is 0 Å². The van der Waals surface area contributed by atoms with E-state index in [1.165, 1.54) is 128 Å². The van der Waals surface area contributed by atoms with E-state index in [1.807, 2.05) is 0 Å². The normalized spacial score (nSPS) is 13.0. The number of unbranched alkanes of at least 4 members (excludes halogenated alkanes) is 27. The summed E-state index contributed by atoms with van der Waals surface area (Å²) in [5.41, 5.74) is 0. The monoisotopic (exact) mass is 1120 g/mol. The van der Waals surface area contributed by atoms with Crippen LogP contribution in [0.1, 0.15) is 303 Å². The Morgan fingerprint density at radius 3 is 0.765 bits per heavy atom. The number of hydrogen-bond donors (Lipinski definition) is 0. The average molecular weight is 1120 g/mol. The smallest absolute Gasteiger partial charge is 0.306 e. The van der Waals surface area contributed by atoms with Gasteiger partial charge in [-0.25, -0.2) is 0 Å². The van der Waals surface area contributed by atoms with Crippen LogP contribution in [0.15, 0.2) is 134 Å². The summed E-state index contributed by atoms with van der Waals surface area (Å²) in [4.78, 5) is 38.5. The van der Waals surface area contributed by atoms with Gasteiger partial charge in [-0.15, -0.1) is 0 Å². The van der Waals surface area contributed by atoms with Gasteiger partial charge >= 0.3 is 17.9 Å². The molecule has 0 N–H and O–H groups in total. The van der Waals surface area contributed by atoms with Gasteiger partial charge in [0.1, 0.15) is 13.2 Å². The summed E-state index contributed by atoms with van der Waals surface area (Å²) in [6.45, 7) is 6.41. The van der Waals surface area contributed by atoms with Crippen molar-refractivity contribution in [2.45, 2.75) is 309 Å². The highest BCUT2D eigenvalue weighted by atomic mass is 16.6. The standard InChI is InChI=1S/C75H124O6/c1-4-7-10-13-16-19-22-25-28-31-33-35-37-39-41-44-47-50-53-56-59-62-65-68-74(77)80-71-72(70-79-73(76)67-64-61-58-55-52-49-46-43-30-27-24-21-18-15-12-9-6-3)81-75(78)69-66-63-60-57-54-51-48-45-42-40-38-36-34-32-29-26-23-20-17-14-11-8-5-2/h7-8,10-11,16-17,19-20,25-30,33-36,39-42,72H,4-6,9,12-15,18,21-24,31-32,37-38,43-71H2,1-3H3/b10-7-,11-8-,19-16-,20-17-,28-25-,29-26-,30-27-,35-33-,36-34-,41-39-,42-40-. The minimum Gasteiger partial charge on any atom is -0.462 e. The summed E-state index contributed by atoms with van der Waals surface area (Å²) < 4.78 is 17.0. The fourth-order valence-corrected chi connectivity index (χ4v) is 9.14. The highest BCUT2D eigenvalue weighted by Crippen LogP contribution is 2.15. The predicted molar refractivity (Wildman–Crippen MR) is 353 cm³/mol. The Kier molecular flexibility index (Phi) is 64.3. The van der Waals surface area contributed by atoms with Crippen molar-refractivity contribution in [3.05, 3.63) is 134 Å². The van der Waals surface area contributed by atoms with E-state index in [2.05, 4.69) is 154 Å². The van der Waals surface area contributed by atoms with E-state index in [0.717, 1.165) is 135 Å². The number of hydrogen-bond acceptors (Lipinski definition) is 6. The molecule has 460 valence electrons. The van der Waals surface area contributed by atoms with E-state index >= 15 is 0 Å². The molecule has 0 aliphatic rings. The van der Waals surface area contributed by atoms with E-state index < -0.39 is 6.10 Å². The third kappa shape index (κ3) is 66.2. The number of rotatable bonds is 60. The number of allylic oxidation sites excluding steroid dienone is 22. The lowest BCUT2D eigenvalue weighted by Crippen LogP contribution is -2.30. The zero-order chi connectivity index (χ0) is 58.5. The fourth-order valence-electron chi connectivity index (χ4n) is 9.14. The molecule has 0 amide bonds. The first-order valence-corrected chi connectivity index (χ1v) is 33.7. The third-order valence-electron chi connectivity index (χ3n) is 14.1. The van der Waals surface area contributed by atoms with Gasteiger partial charge in [-0.1, -0.05) is 283 Å². The molecule has 0 aromatic rings. The Hall–Kier alpha value is -4.45. The molecule has 0 heterocycles. The Morgan fingerprint density at radius 2 is 0.481 bits per heavy atom. The van der Waals surface area contributed by atoms with Crippen molar-refractivity contribution < 1.29 is 28.6 Å². The Labute approximate surface area is 500 Å². The molecule has 0 rings (SSSR count). The zero-order valence-corrected chi connectivity index (χ0v) is 52.8. The fraction of sp³-hybridized carbons (Fsp3) is 0.667. The number of esters is 3. The van der Waals surface area contributed by atoms with Crippen LogP contribution in [0.4, 0.5) is 0 Å². The van der Waals surface area contributed by atoms with Gasteiger partial charge < -0.3 is 14.2 Å². The summed E-state index contributed by atoms with van der Waals surface area (Å²) in [5.74, 6) is -0.911. The second-order valence-corrected chi connectivity index (χ2v) is 22.0. The van der Waals surface area contributed by atoms with Gasteiger partial charge in [0.15, 0.2) is 6.10 Å². The highest BCUT2D eigenvalue weighted by molar-refractivity contribution is 5.71. The molecule has 1 unspecified atom stereocenters. The van der Waals surface area contributed by atoms with E-state index in [4.69, 9.17) is 14.2 Å². The maximum atomic E-state index is 13.0. The molecule has 0 aromatic heterocycles. The molecule has 0 aromatic carbocycles. The Bertz CT molecular complexity index is 1720. The second kappa shape index (κ2) is 68.1. The Morgan fingerprint density at radius 1 is 0.259 bits per heavy atom. The van der Waals surface area contributed by atoms with E-state index in [0.29, 0.717) is 19.3 Å². The van der Waals surface area contributed by atoms with Gasteiger partial charge in [0.05, 0.1) is 0 Å². The predicted octanol–water partition coefficient (Wildman–Crippen LogP) is 23.3. The largest absolute Gasteiger partial charge is 0.462 e. The Balaban J connectivity index is 4.45. The van der Waals surface area contributed by atoms with Crippen molar-refractivity contribution in [2.75, 3.05) is 13.2 Å². The van der Waals surface area contributed by atoms with Crippen molar-refractivity contribution in [3.8, 4) is 0 Å². The van der Waals surface area contributed by atoms with Crippen LogP contribution < -0.4 is 0 Å². The van der Waals surface area contributed by atoms with E-state index in [1.54, 1.807) is 0 Å². The van der Waals surface area contributed by atoms with Gasteiger partial charge in [-0.2, -0.15) is 0 Å². The summed E-state index contributed by atoms with van der Waals surface area (Å²) in [6.07, 6.45) is 95.9. The molecular formula is C75H124O6. The first-order chi connectivity index (χ1) is 40.0. The molecule has 0 saturated carbocycles. The molecular weight excluding hydrogens is 997 g/mol. The van der Waals surface area contributed by atoms with Gasteiger partial charge in [-0.3, -0.25) is 14.4 Å². The lowest BCUT2D eigenvalue weighted by Gasteiger charge is -2.18. The van der Waals surface area contributed by atoms with Crippen molar-refractivity contribution in [3.63, 3.8) is 0 Å². The van der Waals surface area contributed by atoms with E-state index in [-0.39, 0.29) is 31.1 Å². The molecule has 0 aliphatic heterocycles. The lowest BCUT2D eigenvalue weighted by molar-refractivity contribution is -0.167. The third-order valence-corrected chi connectivity index (χ3v) is 14.1. The first kappa shape index (κ1) is 76.5. The zero-order valence-electron chi connectivity index (χ0n) is 52.8. The summed E-state index contributed by atoms with van der Waals surface area (Å²) in [6, 6.07) is 0. The van der Waals surface area contributed by atoms with Crippen molar-refractivity contribution in [1.82, 2.24) is 0 Å². The van der Waals surface area contributed by atoms with Crippen LogP contribution >= 0.6 is 0 Å². The number of carbonyl (C=O) groups is 3. The van der Waals surface area contributed by atoms with Crippen LogP contribution in [0.5, 0.6) is 0 Å². The topological polar surface area (TPSA) is 78.9 Å². The number of carbonyl (C=O) groups excluding carboxylic acids is 3. The maximum absolute atomic E-state index is 13.0. The lowest BCUT2D eigenvalue weighted by atomic mass is 10.1. The van der Waals surface area contributed by atoms with Crippen molar-refractivity contribution in [2.24, 2.45) is 0 Å². The van der Waals surface area contributed by atoms with Crippen LogP contribution in [0, 0.1) is 0 Å². The number of ether oxygens (including phenoxy) is 3. The van der Waals surface area contributed by atoms with Crippen LogP contribution in [-0.2, 0) is 28.6 Å². The highest BCUT2D eigenvalue weighted by Gasteiger charge is 2.19.